The molecule has 0 unspecified atom stereocenters. The Balaban J connectivity index is 2.39. The third-order valence-electron chi connectivity index (χ3n) is 2.69. The lowest BCUT2D eigenvalue weighted by Crippen LogP contribution is -2.24. The van der Waals surface area contributed by atoms with Crippen LogP contribution < -0.4 is 10.6 Å². The number of hydrogen-bond donors (Lipinski definition) is 1. The van der Waals surface area contributed by atoms with Gasteiger partial charge in [0.15, 0.2) is 0 Å². The first-order valence-electron chi connectivity index (χ1n) is 4.97. The van der Waals surface area contributed by atoms with Crippen molar-refractivity contribution in [1.82, 2.24) is 0 Å². The normalized spacial score (nSPS) is 15.6. The molecule has 0 saturated carbocycles. The van der Waals surface area contributed by atoms with Crippen molar-refractivity contribution in [3.8, 4) is 0 Å². The molecule has 1 amide bonds. The van der Waals surface area contributed by atoms with Gasteiger partial charge in [0, 0.05) is 6.54 Å². The predicted octanol–water partition coefficient (Wildman–Crippen LogP) is 1.41. The summed E-state index contributed by atoms with van der Waals surface area (Å²) in [5.41, 5.74) is 8.64. The lowest BCUT2D eigenvalue weighted by Gasteiger charge is -2.17. The van der Waals surface area contributed by atoms with Crippen molar-refractivity contribution < 1.29 is 9.53 Å². The number of nitrogens with zero attached hydrogens (tertiary/aromatic N) is 1. The van der Waals surface area contributed by atoms with Crippen molar-refractivity contribution in [2.75, 3.05) is 18.1 Å². The maximum atomic E-state index is 11.4. The van der Waals surface area contributed by atoms with Gasteiger partial charge in [-0.25, -0.2) is 4.79 Å². The van der Waals surface area contributed by atoms with Gasteiger partial charge in [0.05, 0.1) is 12.2 Å². The molecule has 4 heteroatoms. The Labute approximate surface area is 88.6 Å². The van der Waals surface area contributed by atoms with E-state index in [4.69, 9.17) is 10.5 Å². The second kappa shape index (κ2) is 3.90. The van der Waals surface area contributed by atoms with Gasteiger partial charge in [-0.15, -0.1) is 0 Å². The average Bonchev–Trinajstić information content (AvgIpc) is 2.65. The minimum absolute atomic E-state index is 0.271. The molecule has 15 heavy (non-hydrogen) atoms. The van der Waals surface area contributed by atoms with Gasteiger partial charge < -0.3 is 10.5 Å². The number of carbonyl (C=O) groups is 1. The van der Waals surface area contributed by atoms with E-state index in [1.165, 1.54) is 0 Å². The van der Waals surface area contributed by atoms with Crippen molar-refractivity contribution >= 4 is 11.8 Å². The summed E-state index contributed by atoms with van der Waals surface area (Å²) in [4.78, 5) is 13.0. The molecule has 0 bridgehead atoms. The molecule has 1 aliphatic rings. The predicted molar refractivity (Wildman–Crippen MR) is 57.8 cm³/mol. The monoisotopic (exact) mass is 206 g/mol. The second-order valence-electron chi connectivity index (χ2n) is 3.53. The van der Waals surface area contributed by atoms with Gasteiger partial charge in [-0.2, -0.15) is 0 Å². The number of hydrogen-bond acceptors (Lipinski definition) is 3. The van der Waals surface area contributed by atoms with Crippen molar-refractivity contribution in [2.24, 2.45) is 5.73 Å². The molecule has 0 atom stereocenters. The minimum Gasteiger partial charge on any atom is -0.447 e. The van der Waals surface area contributed by atoms with Crippen LogP contribution in [-0.4, -0.2) is 19.2 Å². The van der Waals surface area contributed by atoms with Gasteiger partial charge in [0.25, 0.3) is 0 Å². The fourth-order valence-corrected chi connectivity index (χ4v) is 1.80. The molecule has 1 saturated heterocycles. The van der Waals surface area contributed by atoms with Gasteiger partial charge >= 0.3 is 6.09 Å². The highest BCUT2D eigenvalue weighted by Crippen LogP contribution is 2.25. The molecule has 0 aliphatic carbocycles. The molecule has 1 fully saturated rings. The second-order valence-corrected chi connectivity index (χ2v) is 3.53. The molecule has 1 aromatic carbocycles. The summed E-state index contributed by atoms with van der Waals surface area (Å²) in [6.45, 7) is 3.55. The number of anilines is 1. The van der Waals surface area contributed by atoms with Gasteiger partial charge in [0.1, 0.15) is 6.61 Å². The summed E-state index contributed by atoms with van der Waals surface area (Å²) in [6, 6.07) is 5.80. The Morgan fingerprint density at radius 3 is 2.93 bits per heavy atom. The van der Waals surface area contributed by atoms with Crippen LogP contribution in [0.25, 0.3) is 0 Å². The first-order valence-corrected chi connectivity index (χ1v) is 4.97. The van der Waals surface area contributed by atoms with Crippen LogP contribution >= 0.6 is 0 Å². The van der Waals surface area contributed by atoms with Crippen molar-refractivity contribution in [3.63, 3.8) is 0 Å². The maximum absolute atomic E-state index is 11.4. The zero-order chi connectivity index (χ0) is 10.8. The molecule has 0 aromatic heterocycles. The Morgan fingerprint density at radius 1 is 1.53 bits per heavy atom. The van der Waals surface area contributed by atoms with Gasteiger partial charge in [0.2, 0.25) is 0 Å². The zero-order valence-corrected chi connectivity index (χ0v) is 8.69. The van der Waals surface area contributed by atoms with Crippen LogP contribution in [0.1, 0.15) is 11.1 Å². The zero-order valence-electron chi connectivity index (χ0n) is 8.69. The van der Waals surface area contributed by atoms with E-state index in [2.05, 4.69) is 0 Å². The fourth-order valence-electron chi connectivity index (χ4n) is 1.80. The topological polar surface area (TPSA) is 55.6 Å². The van der Waals surface area contributed by atoms with E-state index in [-0.39, 0.29) is 6.09 Å². The van der Waals surface area contributed by atoms with Gasteiger partial charge in [-0.3, -0.25) is 4.90 Å². The molecule has 0 spiro atoms. The first-order chi connectivity index (χ1) is 7.24. The van der Waals surface area contributed by atoms with Crippen molar-refractivity contribution in [3.05, 3.63) is 29.3 Å². The number of carbonyl (C=O) groups excluding carboxylic acids is 1. The molecule has 1 aromatic rings. The summed E-state index contributed by atoms with van der Waals surface area (Å²) in [6.07, 6.45) is -0.271. The van der Waals surface area contributed by atoms with E-state index in [0.717, 1.165) is 16.8 Å². The third-order valence-corrected chi connectivity index (χ3v) is 2.69. The largest absolute Gasteiger partial charge is 0.447 e. The van der Waals surface area contributed by atoms with Crippen LogP contribution in [0.3, 0.4) is 0 Å². The molecule has 2 rings (SSSR count). The number of nitrogens with two attached hydrogens (primary N) is 1. The van der Waals surface area contributed by atoms with Crippen LogP contribution in [-0.2, 0) is 11.3 Å². The minimum atomic E-state index is -0.271. The Bertz CT molecular complexity index is 390. The van der Waals surface area contributed by atoms with E-state index in [1.807, 2.05) is 25.1 Å². The van der Waals surface area contributed by atoms with Crippen LogP contribution in [0.4, 0.5) is 10.5 Å². The molecule has 0 radical (unpaired) electrons. The number of cyclic esters (lactones) is 1. The number of benzene rings is 1. The van der Waals surface area contributed by atoms with Crippen LogP contribution in [0.5, 0.6) is 0 Å². The van der Waals surface area contributed by atoms with Crippen molar-refractivity contribution in [2.45, 2.75) is 13.5 Å². The highest BCUT2D eigenvalue weighted by Gasteiger charge is 2.25. The highest BCUT2D eigenvalue weighted by atomic mass is 16.6. The number of amides is 1. The van der Waals surface area contributed by atoms with Crippen molar-refractivity contribution in [1.29, 1.82) is 0 Å². The Hall–Kier alpha value is -1.55. The standard InChI is InChI=1S/C11H14N2O2/c1-8-9(7-12)3-2-4-10(8)13-5-6-15-11(13)14/h2-4H,5-7,12H2,1H3. The lowest BCUT2D eigenvalue weighted by atomic mass is 10.1. The molecule has 1 heterocycles. The number of rotatable bonds is 2. The van der Waals surface area contributed by atoms with Crippen LogP contribution in [0.15, 0.2) is 18.2 Å². The SMILES string of the molecule is Cc1c(CN)cccc1N1CCOC1=O. The average molecular weight is 206 g/mol. The Morgan fingerprint density at radius 2 is 2.33 bits per heavy atom. The van der Waals surface area contributed by atoms with E-state index in [0.29, 0.717) is 19.7 Å². The molecular weight excluding hydrogens is 192 g/mol. The van der Waals surface area contributed by atoms with Gasteiger partial charge in [-0.05, 0) is 24.1 Å². The molecule has 80 valence electrons. The summed E-state index contributed by atoms with van der Waals surface area (Å²) in [7, 11) is 0. The molecule has 2 N–H and O–H groups in total. The molecular formula is C11H14N2O2. The number of ether oxygens (including phenoxy) is 1. The summed E-state index contributed by atoms with van der Waals surface area (Å²) < 4.78 is 4.90. The van der Waals surface area contributed by atoms with E-state index in [9.17, 15) is 4.79 Å². The van der Waals surface area contributed by atoms with Crippen LogP contribution in [0.2, 0.25) is 0 Å². The quantitative estimate of drug-likeness (QED) is 0.796. The fraction of sp³-hybridized carbons (Fsp3) is 0.364. The summed E-state index contributed by atoms with van der Waals surface area (Å²) in [5.74, 6) is 0. The smallest absolute Gasteiger partial charge is 0.414 e. The lowest BCUT2D eigenvalue weighted by molar-refractivity contribution is 0.181. The molecule has 1 aliphatic heterocycles. The molecule has 4 nitrogen and oxygen atoms in total. The summed E-state index contributed by atoms with van der Waals surface area (Å²) >= 11 is 0. The van der Waals surface area contributed by atoms with E-state index in [1.54, 1.807) is 4.90 Å². The first kappa shape index (κ1) is 9.98. The Kier molecular flexibility index (Phi) is 2.60. The third kappa shape index (κ3) is 1.68. The van der Waals surface area contributed by atoms with Gasteiger partial charge in [-0.1, -0.05) is 12.1 Å². The highest BCUT2D eigenvalue weighted by molar-refractivity contribution is 5.90. The summed E-state index contributed by atoms with van der Waals surface area (Å²) in [5, 5.41) is 0. The van der Waals surface area contributed by atoms with E-state index >= 15 is 0 Å². The maximum Gasteiger partial charge on any atom is 0.414 e. The van der Waals surface area contributed by atoms with Crippen LogP contribution in [0, 0.1) is 6.92 Å². The van der Waals surface area contributed by atoms with E-state index < -0.39 is 0 Å².